The number of halogens is 2. The summed E-state index contributed by atoms with van der Waals surface area (Å²) in [6, 6.07) is 6.34. The highest BCUT2D eigenvalue weighted by Gasteiger charge is 2.34. The molecular formula is C29H35F2N7O2S. The Kier molecular flexibility index (Phi) is 8.06. The Hall–Kier alpha value is -3.51. The van der Waals surface area contributed by atoms with Gasteiger partial charge in [0.2, 0.25) is 5.95 Å². The van der Waals surface area contributed by atoms with E-state index in [2.05, 4.69) is 37.1 Å². The van der Waals surface area contributed by atoms with Crippen molar-refractivity contribution in [3.05, 3.63) is 59.7 Å². The highest BCUT2D eigenvalue weighted by molar-refractivity contribution is 7.90. The zero-order chi connectivity index (χ0) is 29.5. The number of benzene rings is 1. The molecule has 1 N–H and O–H groups in total. The number of aromatic nitrogens is 5. The third-order valence-corrected chi connectivity index (χ3v) is 9.36. The van der Waals surface area contributed by atoms with Crippen molar-refractivity contribution < 1.29 is 17.2 Å². The molecule has 0 saturated carbocycles. The Balaban J connectivity index is 1.41. The molecule has 1 aliphatic heterocycles. The largest absolute Gasteiger partial charge is 0.326 e. The van der Waals surface area contributed by atoms with E-state index in [1.165, 1.54) is 12.3 Å². The number of fused-ring (bicyclic) bond motifs is 1. The Morgan fingerprint density at radius 3 is 2.39 bits per heavy atom. The summed E-state index contributed by atoms with van der Waals surface area (Å²) >= 11 is 0. The lowest BCUT2D eigenvalue weighted by atomic mass is 9.90. The molecule has 0 aliphatic carbocycles. The lowest BCUT2D eigenvalue weighted by Gasteiger charge is -2.35. The van der Waals surface area contributed by atoms with Crippen LogP contribution in [0.4, 0.5) is 20.5 Å². The van der Waals surface area contributed by atoms with Crippen molar-refractivity contribution in [2.24, 2.45) is 5.92 Å². The van der Waals surface area contributed by atoms with Crippen LogP contribution >= 0.6 is 0 Å². The first-order chi connectivity index (χ1) is 19.5. The molecule has 218 valence electrons. The van der Waals surface area contributed by atoms with Gasteiger partial charge in [-0.05, 0) is 82.9 Å². The fourth-order valence-corrected chi connectivity index (χ4v) is 7.50. The standard InChI is InChI=1S/C29H35F2N7O2S/c1-6-37-11-9-19(10-12-37)28(41(5,39)40)20-7-8-25(32-15-20)35-29-33-16-23(31)26(36-29)21-13-22(30)27-24(14-21)38(17(2)3)18(4)34-27/h7-8,13-17,19,28H,6,9-12H2,1-5H3,(H,32,33,35,36). The van der Waals surface area contributed by atoms with E-state index >= 15 is 4.39 Å². The van der Waals surface area contributed by atoms with E-state index in [-0.39, 0.29) is 34.7 Å². The minimum atomic E-state index is -3.36. The predicted octanol–water partition coefficient (Wildman–Crippen LogP) is 5.62. The third kappa shape index (κ3) is 5.94. The molecule has 4 heterocycles. The van der Waals surface area contributed by atoms with Crippen molar-refractivity contribution in [3.8, 4) is 11.3 Å². The lowest BCUT2D eigenvalue weighted by molar-refractivity contribution is 0.188. The fourth-order valence-electron chi connectivity index (χ4n) is 5.89. The lowest BCUT2D eigenvalue weighted by Crippen LogP contribution is -2.37. The summed E-state index contributed by atoms with van der Waals surface area (Å²) in [6.45, 7) is 10.6. The van der Waals surface area contributed by atoms with Gasteiger partial charge in [0.15, 0.2) is 21.5 Å². The SMILES string of the molecule is CCN1CCC(C(c2ccc(Nc3ncc(F)c(-c4cc(F)c5nc(C)n(C(C)C)c5c4)n3)nc2)S(C)(=O)=O)CC1. The highest BCUT2D eigenvalue weighted by Crippen LogP contribution is 2.37. The summed E-state index contributed by atoms with van der Waals surface area (Å²) in [5.74, 6) is -0.141. The first-order valence-corrected chi connectivity index (χ1v) is 15.8. The van der Waals surface area contributed by atoms with Crippen LogP contribution in [0.2, 0.25) is 0 Å². The number of rotatable bonds is 8. The van der Waals surface area contributed by atoms with Gasteiger partial charge in [-0.2, -0.15) is 0 Å². The van der Waals surface area contributed by atoms with Gasteiger partial charge in [-0.1, -0.05) is 13.0 Å². The molecular weight excluding hydrogens is 548 g/mol. The number of sulfone groups is 1. The number of imidazole rings is 1. The number of likely N-dealkylation sites (tertiary alicyclic amines) is 1. The van der Waals surface area contributed by atoms with E-state index in [1.807, 2.05) is 18.4 Å². The molecule has 1 aromatic carbocycles. The maximum absolute atomic E-state index is 15.0. The second kappa shape index (κ2) is 11.4. The monoisotopic (exact) mass is 583 g/mol. The van der Waals surface area contributed by atoms with Gasteiger partial charge in [0.05, 0.1) is 17.0 Å². The van der Waals surface area contributed by atoms with Crippen molar-refractivity contribution in [2.45, 2.75) is 51.8 Å². The van der Waals surface area contributed by atoms with Gasteiger partial charge in [0, 0.05) is 24.1 Å². The van der Waals surface area contributed by atoms with Crippen molar-refractivity contribution in [1.82, 2.24) is 29.4 Å². The molecule has 12 heteroatoms. The van der Waals surface area contributed by atoms with E-state index in [1.54, 1.807) is 31.3 Å². The average Bonchev–Trinajstić information content (AvgIpc) is 3.27. The summed E-state index contributed by atoms with van der Waals surface area (Å²) in [4.78, 5) is 19.4. The van der Waals surface area contributed by atoms with Gasteiger partial charge in [-0.15, -0.1) is 0 Å². The smallest absolute Gasteiger partial charge is 0.229 e. The molecule has 1 atom stereocenters. The van der Waals surface area contributed by atoms with E-state index in [0.29, 0.717) is 22.7 Å². The first-order valence-electron chi connectivity index (χ1n) is 13.8. The summed E-state index contributed by atoms with van der Waals surface area (Å²) < 4.78 is 57.4. The van der Waals surface area contributed by atoms with Crippen LogP contribution in [0.3, 0.4) is 0 Å². The Morgan fingerprint density at radius 1 is 1.05 bits per heavy atom. The number of nitrogens with zero attached hydrogens (tertiary/aromatic N) is 6. The van der Waals surface area contributed by atoms with E-state index in [0.717, 1.165) is 38.7 Å². The van der Waals surface area contributed by atoms with Gasteiger partial charge in [0.1, 0.15) is 22.9 Å². The van der Waals surface area contributed by atoms with Gasteiger partial charge < -0.3 is 14.8 Å². The number of hydrogen-bond acceptors (Lipinski definition) is 8. The normalized spacial score (nSPS) is 16.0. The number of pyridine rings is 1. The van der Waals surface area contributed by atoms with Crippen molar-refractivity contribution in [1.29, 1.82) is 0 Å². The Morgan fingerprint density at radius 2 is 1.78 bits per heavy atom. The number of aryl methyl sites for hydroxylation is 1. The minimum Gasteiger partial charge on any atom is -0.326 e. The first kappa shape index (κ1) is 29.0. The molecule has 5 rings (SSSR count). The van der Waals surface area contributed by atoms with Crippen LogP contribution in [0.1, 0.15) is 56.3 Å². The van der Waals surface area contributed by atoms with Gasteiger partial charge in [0.25, 0.3) is 0 Å². The zero-order valence-corrected chi connectivity index (χ0v) is 24.7. The second-order valence-corrected chi connectivity index (χ2v) is 13.1. The molecule has 3 aromatic heterocycles. The van der Waals surface area contributed by atoms with Gasteiger partial charge in [-0.25, -0.2) is 37.1 Å². The zero-order valence-electron chi connectivity index (χ0n) is 23.9. The summed E-state index contributed by atoms with van der Waals surface area (Å²) in [5, 5.41) is 2.32. The molecule has 0 bridgehead atoms. The maximum Gasteiger partial charge on any atom is 0.229 e. The van der Waals surface area contributed by atoms with Crippen molar-refractivity contribution in [3.63, 3.8) is 0 Å². The maximum atomic E-state index is 15.0. The second-order valence-electron chi connectivity index (χ2n) is 11.0. The van der Waals surface area contributed by atoms with E-state index in [4.69, 9.17) is 0 Å². The molecule has 9 nitrogen and oxygen atoms in total. The Labute approximate surface area is 239 Å². The molecule has 1 aliphatic rings. The quantitative estimate of drug-likeness (QED) is 0.285. The van der Waals surface area contributed by atoms with Gasteiger partial charge in [-0.3, -0.25) is 0 Å². The molecule has 0 radical (unpaired) electrons. The van der Waals surface area contributed by atoms with E-state index < -0.39 is 26.7 Å². The average molecular weight is 584 g/mol. The van der Waals surface area contributed by atoms with Crippen molar-refractivity contribution in [2.75, 3.05) is 31.2 Å². The topological polar surface area (TPSA) is 106 Å². The minimum absolute atomic E-state index is 0.0184. The number of nitrogens with one attached hydrogen (secondary N) is 1. The van der Waals surface area contributed by atoms with Crippen LogP contribution in [0.5, 0.6) is 0 Å². The van der Waals surface area contributed by atoms with Crippen LogP contribution in [0.25, 0.3) is 22.3 Å². The van der Waals surface area contributed by atoms with E-state index in [9.17, 15) is 12.8 Å². The van der Waals surface area contributed by atoms with Crippen LogP contribution in [-0.4, -0.2) is 63.7 Å². The predicted molar refractivity (Wildman–Crippen MR) is 156 cm³/mol. The molecule has 0 spiro atoms. The molecule has 0 amide bonds. The fraction of sp³-hybridized carbons (Fsp3) is 0.448. The molecule has 1 unspecified atom stereocenters. The number of piperidine rings is 1. The highest BCUT2D eigenvalue weighted by atomic mass is 32.2. The van der Waals surface area contributed by atoms with Crippen LogP contribution < -0.4 is 5.32 Å². The van der Waals surface area contributed by atoms with Crippen LogP contribution in [-0.2, 0) is 9.84 Å². The van der Waals surface area contributed by atoms with Crippen LogP contribution in [0.15, 0.2) is 36.7 Å². The molecule has 41 heavy (non-hydrogen) atoms. The summed E-state index contributed by atoms with van der Waals surface area (Å²) in [7, 11) is -3.36. The molecule has 1 saturated heterocycles. The summed E-state index contributed by atoms with van der Waals surface area (Å²) in [5.41, 5.74) is 1.60. The molecule has 1 fully saturated rings. The van der Waals surface area contributed by atoms with Crippen LogP contribution in [0, 0.1) is 24.5 Å². The number of anilines is 2. The molecule has 4 aromatic rings. The van der Waals surface area contributed by atoms with Crippen molar-refractivity contribution >= 4 is 32.6 Å². The van der Waals surface area contributed by atoms with Gasteiger partial charge >= 0.3 is 0 Å². The number of hydrogen-bond donors (Lipinski definition) is 1. The third-order valence-electron chi connectivity index (χ3n) is 7.78. The summed E-state index contributed by atoms with van der Waals surface area (Å²) in [6.07, 6.45) is 5.47. The Bertz CT molecular complexity index is 1660.